The van der Waals surface area contributed by atoms with Crippen molar-refractivity contribution in [3.8, 4) is 0 Å². The van der Waals surface area contributed by atoms with Gasteiger partial charge in [0.25, 0.3) is 0 Å². The number of amides is 2. The molecular weight excluding hydrogens is 438 g/mol. The Morgan fingerprint density at radius 3 is 2.36 bits per heavy atom. The molecule has 0 saturated heterocycles. The number of hydrogen-bond acceptors (Lipinski definition) is 3. The maximum atomic E-state index is 13.4. The first-order valence-corrected chi connectivity index (χ1v) is 12.0. The first-order valence-electron chi connectivity index (χ1n) is 11.6. The van der Waals surface area contributed by atoms with Gasteiger partial charge in [0.15, 0.2) is 0 Å². The average Bonchev–Trinajstić information content (AvgIpc) is 3.17. The lowest BCUT2D eigenvalue weighted by atomic mass is 10.1. The van der Waals surface area contributed by atoms with Crippen molar-refractivity contribution in [2.24, 2.45) is 11.8 Å². The fourth-order valence-corrected chi connectivity index (χ4v) is 3.88. The Balaban J connectivity index is 2.17. The van der Waals surface area contributed by atoms with Crippen molar-refractivity contribution in [3.05, 3.63) is 58.9 Å². The third kappa shape index (κ3) is 8.86. The molecule has 7 heteroatoms. The van der Waals surface area contributed by atoms with Gasteiger partial charge in [0, 0.05) is 50.1 Å². The van der Waals surface area contributed by atoms with Crippen molar-refractivity contribution in [1.29, 1.82) is 0 Å². The predicted molar refractivity (Wildman–Crippen MR) is 133 cm³/mol. The molecule has 0 bridgehead atoms. The van der Waals surface area contributed by atoms with E-state index in [0.29, 0.717) is 45.1 Å². The zero-order valence-corrected chi connectivity index (χ0v) is 21.3. The average molecular weight is 476 g/mol. The quantitative estimate of drug-likeness (QED) is 0.422. The lowest BCUT2D eigenvalue weighted by Gasteiger charge is -2.29. The topological polar surface area (TPSA) is 54.8 Å². The van der Waals surface area contributed by atoms with Gasteiger partial charge in [-0.2, -0.15) is 0 Å². The van der Waals surface area contributed by atoms with Crippen LogP contribution in [0.3, 0.4) is 0 Å². The molecule has 2 amide bonds. The SMILES string of the molecule is COCCN(CC(=O)N(Cc1cccn1Cc1ccccc1Cl)CC(C)C)C(=O)CC(C)C. The number of carbonyl (C=O) groups is 2. The van der Waals surface area contributed by atoms with Crippen molar-refractivity contribution in [2.45, 2.75) is 47.2 Å². The molecule has 1 aromatic carbocycles. The number of rotatable bonds is 13. The molecule has 0 radical (unpaired) electrons. The summed E-state index contributed by atoms with van der Waals surface area (Å²) in [7, 11) is 1.60. The summed E-state index contributed by atoms with van der Waals surface area (Å²) in [4.78, 5) is 29.6. The number of benzene rings is 1. The number of methoxy groups -OCH3 is 1. The van der Waals surface area contributed by atoms with E-state index in [2.05, 4.69) is 18.4 Å². The van der Waals surface area contributed by atoms with Crippen molar-refractivity contribution >= 4 is 23.4 Å². The normalized spacial score (nSPS) is 11.3. The van der Waals surface area contributed by atoms with Crippen molar-refractivity contribution in [2.75, 3.05) is 33.4 Å². The standard InChI is InChI=1S/C26H38ClN3O3/c1-20(2)15-25(31)29(13-14-33-5)19-26(32)30(16-21(3)4)18-23-10-8-12-28(23)17-22-9-6-7-11-24(22)27/h6-12,20-21H,13-19H2,1-5H3. The van der Waals surface area contributed by atoms with Gasteiger partial charge in [0.1, 0.15) is 0 Å². The van der Waals surface area contributed by atoms with Gasteiger partial charge >= 0.3 is 0 Å². The first kappa shape index (κ1) is 26.9. The second-order valence-electron chi connectivity index (χ2n) is 9.29. The fourth-order valence-electron chi connectivity index (χ4n) is 3.68. The fraction of sp³-hybridized carbons (Fsp3) is 0.538. The van der Waals surface area contributed by atoms with E-state index >= 15 is 0 Å². The molecule has 0 saturated carbocycles. The molecule has 1 aromatic heterocycles. The minimum absolute atomic E-state index is 0.0120. The Hall–Kier alpha value is -2.31. The summed E-state index contributed by atoms with van der Waals surface area (Å²) < 4.78 is 7.29. The summed E-state index contributed by atoms with van der Waals surface area (Å²) in [6.07, 6.45) is 2.43. The summed E-state index contributed by atoms with van der Waals surface area (Å²) in [6, 6.07) is 11.8. The smallest absolute Gasteiger partial charge is 0.242 e. The van der Waals surface area contributed by atoms with E-state index in [9.17, 15) is 9.59 Å². The van der Waals surface area contributed by atoms with Crippen molar-refractivity contribution in [1.82, 2.24) is 14.4 Å². The second kappa shape index (κ2) is 13.4. The number of hydrogen-bond donors (Lipinski definition) is 0. The van der Waals surface area contributed by atoms with Crippen LogP contribution in [-0.4, -0.2) is 59.5 Å². The van der Waals surface area contributed by atoms with Crippen LogP contribution in [0.4, 0.5) is 0 Å². The molecule has 0 unspecified atom stereocenters. The van der Waals surface area contributed by atoms with Crippen LogP contribution in [0.25, 0.3) is 0 Å². The van der Waals surface area contributed by atoms with Gasteiger partial charge in [-0.15, -0.1) is 0 Å². The van der Waals surface area contributed by atoms with Gasteiger partial charge in [-0.05, 0) is 35.6 Å². The third-order valence-electron chi connectivity index (χ3n) is 5.34. The number of ether oxygens (including phenoxy) is 1. The van der Waals surface area contributed by atoms with Crippen LogP contribution in [0.1, 0.15) is 45.4 Å². The van der Waals surface area contributed by atoms with Crippen LogP contribution < -0.4 is 0 Å². The van der Waals surface area contributed by atoms with E-state index in [0.717, 1.165) is 16.3 Å². The molecule has 0 fully saturated rings. The van der Waals surface area contributed by atoms with E-state index in [1.54, 1.807) is 12.0 Å². The zero-order chi connectivity index (χ0) is 24.4. The highest BCUT2D eigenvalue weighted by Gasteiger charge is 2.23. The van der Waals surface area contributed by atoms with Crippen molar-refractivity contribution < 1.29 is 14.3 Å². The Labute approximate surface area is 203 Å². The van der Waals surface area contributed by atoms with E-state index in [-0.39, 0.29) is 24.3 Å². The van der Waals surface area contributed by atoms with E-state index in [1.807, 2.05) is 61.3 Å². The lowest BCUT2D eigenvalue weighted by molar-refractivity contribution is -0.142. The molecular formula is C26H38ClN3O3. The van der Waals surface area contributed by atoms with Crippen LogP contribution in [0.15, 0.2) is 42.6 Å². The van der Waals surface area contributed by atoms with Crippen LogP contribution in [0, 0.1) is 11.8 Å². The number of aromatic nitrogens is 1. The number of carbonyl (C=O) groups excluding carboxylic acids is 2. The van der Waals surface area contributed by atoms with Crippen LogP contribution in [-0.2, 0) is 27.4 Å². The van der Waals surface area contributed by atoms with Gasteiger partial charge in [0.2, 0.25) is 11.8 Å². The molecule has 182 valence electrons. The summed E-state index contributed by atoms with van der Waals surface area (Å²) in [5.74, 6) is 0.474. The van der Waals surface area contributed by atoms with Gasteiger partial charge in [0.05, 0.1) is 19.7 Å². The van der Waals surface area contributed by atoms with Crippen LogP contribution in [0.2, 0.25) is 5.02 Å². The molecule has 33 heavy (non-hydrogen) atoms. The first-order chi connectivity index (χ1) is 15.7. The number of nitrogens with zero attached hydrogens (tertiary/aromatic N) is 3. The summed E-state index contributed by atoms with van der Waals surface area (Å²) in [6.45, 7) is 10.8. The van der Waals surface area contributed by atoms with Gasteiger partial charge < -0.3 is 19.1 Å². The molecule has 2 aromatic rings. The largest absolute Gasteiger partial charge is 0.383 e. The molecule has 0 N–H and O–H groups in total. The Morgan fingerprint density at radius 1 is 1.00 bits per heavy atom. The predicted octanol–water partition coefficient (Wildman–Crippen LogP) is 4.70. The highest BCUT2D eigenvalue weighted by atomic mass is 35.5. The number of halogens is 1. The van der Waals surface area contributed by atoms with Gasteiger partial charge in [-0.3, -0.25) is 9.59 Å². The molecule has 0 aliphatic heterocycles. The Kier molecular flexibility index (Phi) is 10.9. The molecule has 2 rings (SSSR count). The highest BCUT2D eigenvalue weighted by molar-refractivity contribution is 6.31. The summed E-state index contributed by atoms with van der Waals surface area (Å²) in [5, 5.41) is 0.727. The highest BCUT2D eigenvalue weighted by Crippen LogP contribution is 2.18. The minimum Gasteiger partial charge on any atom is -0.383 e. The second-order valence-corrected chi connectivity index (χ2v) is 9.70. The molecule has 0 spiro atoms. The Bertz CT molecular complexity index is 894. The lowest BCUT2D eigenvalue weighted by Crippen LogP contribution is -2.45. The van der Waals surface area contributed by atoms with Gasteiger partial charge in [-0.1, -0.05) is 57.5 Å². The zero-order valence-electron chi connectivity index (χ0n) is 20.6. The van der Waals surface area contributed by atoms with Crippen LogP contribution >= 0.6 is 11.6 Å². The monoisotopic (exact) mass is 475 g/mol. The summed E-state index contributed by atoms with van der Waals surface area (Å²) >= 11 is 6.36. The third-order valence-corrected chi connectivity index (χ3v) is 5.71. The molecule has 0 aliphatic rings. The van der Waals surface area contributed by atoms with E-state index < -0.39 is 0 Å². The molecule has 1 heterocycles. The van der Waals surface area contributed by atoms with Crippen LogP contribution in [0.5, 0.6) is 0 Å². The van der Waals surface area contributed by atoms with E-state index in [4.69, 9.17) is 16.3 Å². The van der Waals surface area contributed by atoms with Gasteiger partial charge in [-0.25, -0.2) is 0 Å². The summed E-state index contributed by atoms with van der Waals surface area (Å²) in [5.41, 5.74) is 2.06. The van der Waals surface area contributed by atoms with Crippen molar-refractivity contribution in [3.63, 3.8) is 0 Å². The Morgan fingerprint density at radius 2 is 1.73 bits per heavy atom. The minimum atomic E-state index is -0.0533. The van der Waals surface area contributed by atoms with E-state index in [1.165, 1.54) is 0 Å². The molecule has 6 nitrogen and oxygen atoms in total. The molecule has 0 aliphatic carbocycles. The maximum Gasteiger partial charge on any atom is 0.242 e. The molecule has 0 atom stereocenters. The maximum absolute atomic E-state index is 13.4.